The summed E-state index contributed by atoms with van der Waals surface area (Å²) in [5, 5.41) is 0. The molecule has 4 bridgehead atoms. The SMILES string of the molecule is CC1CCN(CC23CC4C[C@@H](CC[C@H](C4)C2)C3)CC1. The van der Waals surface area contributed by atoms with Crippen LogP contribution in [0.15, 0.2) is 0 Å². The average molecular weight is 261 g/mol. The molecule has 0 aromatic carbocycles. The van der Waals surface area contributed by atoms with Crippen molar-refractivity contribution in [1.29, 1.82) is 0 Å². The van der Waals surface area contributed by atoms with Gasteiger partial charge in [0.2, 0.25) is 0 Å². The lowest BCUT2D eigenvalue weighted by Crippen LogP contribution is -2.47. The quantitative estimate of drug-likeness (QED) is 0.715. The molecule has 0 N–H and O–H groups in total. The predicted molar refractivity (Wildman–Crippen MR) is 80.1 cm³/mol. The monoisotopic (exact) mass is 261 g/mol. The molecular formula is C18H31N. The molecule has 1 saturated heterocycles. The zero-order valence-electron chi connectivity index (χ0n) is 12.7. The van der Waals surface area contributed by atoms with Crippen molar-refractivity contribution in [2.24, 2.45) is 29.1 Å². The number of rotatable bonds is 2. The normalized spacial score (nSPS) is 47.5. The highest BCUT2D eigenvalue weighted by molar-refractivity contribution is 5.00. The van der Waals surface area contributed by atoms with Gasteiger partial charge in [0.25, 0.3) is 0 Å². The van der Waals surface area contributed by atoms with Crippen LogP contribution in [0.4, 0.5) is 0 Å². The number of hydrogen-bond acceptors (Lipinski definition) is 1. The number of nitrogens with zero attached hydrogens (tertiary/aromatic N) is 1. The molecule has 2 atom stereocenters. The largest absolute Gasteiger partial charge is 0.303 e. The zero-order valence-corrected chi connectivity index (χ0v) is 12.7. The summed E-state index contributed by atoms with van der Waals surface area (Å²) in [6, 6.07) is 0. The molecular weight excluding hydrogens is 230 g/mol. The summed E-state index contributed by atoms with van der Waals surface area (Å²) in [6.45, 7) is 6.68. The van der Waals surface area contributed by atoms with Gasteiger partial charge in [0, 0.05) is 6.54 Å². The maximum absolute atomic E-state index is 2.84. The summed E-state index contributed by atoms with van der Waals surface area (Å²) in [4.78, 5) is 2.84. The Balaban J connectivity index is 1.47. The Kier molecular flexibility index (Phi) is 3.17. The average Bonchev–Trinajstić information content (AvgIpc) is 2.58. The van der Waals surface area contributed by atoms with Gasteiger partial charge in [0.15, 0.2) is 0 Å². The van der Waals surface area contributed by atoms with Crippen LogP contribution in [0.1, 0.15) is 64.7 Å². The minimum atomic E-state index is 0.758. The van der Waals surface area contributed by atoms with Crippen molar-refractivity contribution in [3.63, 3.8) is 0 Å². The van der Waals surface area contributed by atoms with Gasteiger partial charge in [-0.3, -0.25) is 0 Å². The van der Waals surface area contributed by atoms with Gasteiger partial charge >= 0.3 is 0 Å². The Morgan fingerprint density at radius 1 is 0.842 bits per heavy atom. The highest BCUT2D eigenvalue weighted by atomic mass is 15.1. The van der Waals surface area contributed by atoms with Crippen LogP contribution in [-0.2, 0) is 0 Å². The Morgan fingerprint density at radius 2 is 1.42 bits per heavy atom. The van der Waals surface area contributed by atoms with Crippen LogP contribution in [0.5, 0.6) is 0 Å². The van der Waals surface area contributed by atoms with Gasteiger partial charge in [-0.2, -0.15) is 0 Å². The Morgan fingerprint density at radius 3 is 2.05 bits per heavy atom. The van der Waals surface area contributed by atoms with Crippen molar-refractivity contribution in [3.05, 3.63) is 0 Å². The van der Waals surface area contributed by atoms with Gasteiger partial charge in [-0.25, -0.2) is 0 Å². The molecule has 5 aliphatic rings. The molecule has 108 valence electrons. The maximum atomic E-state index is 2.84. The van der Waals surface area contributed by atoms with E-state index in [2.05, 4.69) is 11.8 Å². The van der Waals surface area contributed by atoms with Crippen LogP contribution in [0.2, 0.25) is 0 Å². The van der Waals surface area contributed by atoms with Gasteiger partial charge in [-0.1, -0.05) is 19.8 Å². The van der Waals surface area contributed by atoms with Crippen LogP contribution in [0, 0.1) is 29.1 Å². The van der Waals surface area contributed by atoms with Crippen molar-refractivity contribution < 1.29 is 0 Å². The first-order chi connectivity index (χ1) is 9.21. The second-order valence-corrected chi connectivity index (χ2v) is 8.72. The minimum Gasteiger partial charge on any atom is -0.303 e. The van der Waals surface area contributed by atoms with Crippen LogP contribution >= 0.6 is 0 Å². The fourth-order valence-electron chi connectivity index (χ4n) is 6.26. The summed E-state index contributed by atoms with van der Waals surface area (Å²) in [5.74, 6) is 4.31. The van der Waals surface area contributed by atoms with Crippen molar-refractivity contribution in [1.82, 2.24) is 4.90 Å². The van der Waals surface area contributed by atoms with Crippen LogP contribution < -0.4 is 0 Å². The Labute approximate surface area is 119 Å². The zero-order chi connectivity index (χ0) is 12.9. The molecule has 4 aliphatic carbocycles. The van der Waals surface area contributed by atoms with Gasteiger partial charge in [0.05, 0.1) is 0 Å². The van der Waals surface area contributed by atoms with Crippen molar-refractivity contribution in [2.75, 3.05) is 19.6 Å². The van der Waals surface area contributed by atoms with Gasteiger partial charge in [0.1, 0.15) is 0 Å². The third kappa shape index (κ3) is 2.48. The number of piperidine rings is 1. The summed E-state index contributed by atoms with van der Waals surface area (Å²) in [7, 11) is 0. The molecule has 0 unspecified atom stereocenters. The number of likely N-dealkylation sites (tertiary alicyclic amines) is 1. The van der Waals surface area contributed by atoms with Crippen molar-refractivity contribution >= 4 is 0 Å². The van der Waals surface area contributed by atoms with Crippen LogP contribution in [0.25, 0.3) is 0 Å². The smallest absolute Gasteiger partial charge is 0.00383 e. The van der Waals surface area contributed by atoms with E-state index in [0.717, 1.165) is 29.1 Å². The summed E-state index contributed by atoms with van der Waals surface area (Å²) in [5.41, 5.74) is 0.758. The Bertz CT molecular complexity index is 313. The topological polar surface area (TPSA) is 3.24 Å². The molecule has 5 rings (SSSR count). The van der Waals surface area contributed by atoms with Gasteiger partial charge in [-0.05, 0) is 87.1 Å². The minimum absolute atomic E-state index is 0.758. The fourth-order valence-corrected chi connectivity index (χ4v) is 6.26. The van der Waals surface area contributed by atoms with E-state index in [1.807, 2.05) is 0 Å². The molecule has 5 fully saturated rings. The first kappa shape index (κ1) is 12.7. The van der Waals surface area contributed by atoms with Crippen LogP contribution in [-0.4, -0.2) is 24.5 Å². The number of fused-ring (bicyclic) bond motifs is 1. The standard InChI is InChI=1S/C18H31N/c1-14-4-6-19(7-5-14)13-18-10-15-2-3-16(11-18)9-17(8-15)12-18/h14-17H,2-13H2,1H3/t15-,16-,17?,18?/m1/s1. The highest BCUT2D eigenvalue weighted by Gasteiger charge is 2.48. The molecule has 0 spiro atoms. The van der Waals surface area contributed by atoms with E-state index in [0.29, 0.717) is 0 Å². The molecule has 1 heteroatoms. The lowest BCUT2D eigenvalue weighted by atomic mass is 9.58. The molecule has 0 aromatic heterocycles. The van der Waals surface area contributed by atoms with E-state index in [4.69, 9.17) is 0 Å². The fraction of sp³-hybridized carbons (Fsp3) is 1.00. The lowest BCUT2D eigenvalue weighted by molar-refractivity contribution is -0.00374. The Hall–Kier alpha value is -0.0400. The maximum Gasteiger partial charge on any atom is 0.00383 e. The predicted octanol–water partition coefficient (Wildman–Crippen LogP) is 4.32. The molecule has 1 aliphatic heterocycles. The van der Waals surface area contributed by atoms with Crippen molar-refractivity contribution in [2.45, 2.75) is 64.7 Å². The van der Waals surface area contributed by atoms with Crippen molar-refractivity contribution in [3.8, 4) is 0 Å². The second-order valence-electron chi connectivity index (χ2n) is 8.72. The van der Waals surface area contributed by atoms with Crippen LogP contribution in [0.3, 0.4) is 0 Å². The van der Waals surface area contributed by atoms with E-state index in [-0.39, 0.29) is 0 Å². The van der Waals surface area contributed by atoms with E-state index in [9.17, 15) is 0 Å². The van der Waals surface area contributed by atoms with Gasteiger partial charge in [-0.15, -0.1) is 0 Å². The molecule has 0 radical (unpaired) electrons. The lowest BCUT2D eigenvalue weighted by Gasteiger charge is -2.51. The summed E-state index contributed by atoms with van der Waals surface area (Å²) in [6.07, 6.45) is 14.0. The third-order valence-electron chi connectivity index (χ3n) is 6.92. The summed E-state index contributed by atoms with van der Waals surface area (Å²) >= 11 is 0. The second kappa shape index (κ2) is 4.76. The third-order valence-corrected chi connectivity index (χ3v) is 6.92. The molecule has 0 aromatic rings. The van der Waals surface area contributed by atoms with E-state index >= 15 is 0 Å². The van der Waals surface area contributed by atoms with E-state index in [1.165, 1.54) is 32.5 Å². The summed E-state index contributed by atoms with van der Waals surface area (Å²) < 4.78 is 0. The first-order valence-corrected chi connectivity index (χ1v) is 8.93. The molecule has 1 nitrogen and oxygen atoms in total. The van der Waals surface area contributed by atoms with Gasteiger partial charge < -0.3 is 4.90 Å². The molecule has 1 heterocycles. The number of hydrogen-bond donors (Lipinski definition) is 0. The van der Waals surface area contributed by atoms with E-state index in [1.54, 1.807) is 44.9 Å². The first-order valence-electron chi connectivity index (χ1n) is 8.93. The molecule has 19 heavy (non-hydrogen) atoms. The molecule has 0 amide bonds. The highest BCUT2D eigenvalue weighted by Crippen LogP contribution is 2.58. The molecule has 4 saturated carbocycles. The van der Waals surface area contributed by atoms with E-state index < -0.39 is 0 Å².